The molecule has 2 aromatic carbocycles. The maximum atomic E-state index is 9.10. The first-order valence-electron chi connectivity index (χ1n) is 7.00. The highest BCUT2D eigenvalue weighted by Crippen LogP contribution is 2.18. The predicted molar refractivity (Wildman–Crippen MR) is 83.1 cm³/mol. The second-order valence-corrected chi connectivity index (χ2v) is 4.60. The molecule has 110 valence electrons. The first-order chi connectivity index (χ1) is 10.2. The third kappa shape index (κ3) is 4.51. The van der Waals surface area contributed by atoms with E-state index in [2.05, 4.69) is 6.92 Å². The molecule has 0 unspecified atom stereocenters. The summed E-state index contributed by atoms with van der Waals surface area (Å²) >= 11 is 0. The van der Waals surface area contributed by atoms with Gasteiger partial charge in [-0.3, -0.25) is 0 Å². The Bertz CT molecular complexity index is 572. The minimum Gasteiger partial charge on any atom is -0.490 e. The van der Waals surface area contributed by atoms with Crippen molar-refractivity contribution < 1.29 is 19.5 Å². The lowest BCUT2D eigenvalue weighted by molar-refractivity contribution is 0.216. The highest BCUT2D eigenvalue weighted by molar-refractivity contribution is 6.58. The summed E-state index contributed by atoms with van der Waals surface area (Å²) < 4.78 is 11.2. The molecular weight excluding hydrogens is 267 g/mol. The van der Waals surface area contributed by atoms with Crippen molar-refractivity contribution in [3.8, 4) is 11.5 Å². The minimum absolute atomic E-state index is 0.392. The largest absolute Gasteiger partial charge is 0.490 e. The van der Waals surface area contributed by atoms with Crippen molar-refractivity contribution in [1.29, 1.82) is 0 Å². The number of ether oxygens (including phenoxy) is 2. The van der Waals surface area contributed by atoms with Gasteiger partial charge in [0.1, 0.15) is 24.7 Å². The van der Waals surface area contributed by atoms with Crippen molar-refractivity contribution >= 4 is 12.6 Å². The van der Waals surface area contributed by atoms with Crippen molar-refractivity contribution in [3.05, 3.63) is 54.1 Å². The molecule has 2 aromatic rings. The average molecular weight is 286 g/mol. The Kier molecular flexibility index (Phi) is 5.66. The van der Waals surface area contributed by atoms with Crippen LogP contribution in [0.3, 0.4) is 0 Å². The maximum absolute atomic E-state index is 9.10. The zero-order valence-electron chi connectivity index (χ0n) is 12.0. The summed E-state index contributed by atoms with van der Waals surface area (Å²) in [5, 5.41) is 18.2. The molecule has 0 heterocycles. The molecule has 0 aliphatic heterocycles. The quantitative estimate of drug-likeness (QED) is 0.596. The van der Waals surface area contributed by atoms with Gasteiger partial charge in [-0.05, 0) is 35.6 Å². The summed E-state index contributed by atoms with van der Waals surface area (Å²) in [6.45, 7) is 2.91. The van der Waals surface area contributed by atoms with Gasteiger partial charge in [0, 0.05) is 0 Å². The van der Waals surface area contributed by atoms with Crippen LogP contribution in [0.25, 0.3) is 0 Å². The van der Waals surface area contributed by atoms with E-state index in [0.29, 0.717) is 24.4 Å². The zero-order chi connectivity index (χ0) is 15.1. The lowest BCUT2D eigenvalue weighted by Gasteiger charge is -2.11. The molecule has 0 bridgehead atoms. The molecule has 0 spiro atoms. The molecular formula is C16H19BO4. The Morgan fingerprint density at radius 2 is 1.71 bits per heavy atom. The molecule has 0 aliphatic rings. The lowest BCUT2D eigenvalue weighted by atomic mass is 9.80. The van der Waals surface area contributed by atoms with Gasteiger partial charge >= 0.3 is 7.12 Å². The molecule has 21 heavy (non-hydrogen) atoms. The number of hydrogen-bond acceptors (Lipinski definition) is 4. The third-order valence-corrected chi connectivity index (χ3v) is 3.12. The maximum Gasteiger partial charge on any atom is 0.488 e. The van der Waals surface area contributed by atoms with Gasteiger partial charge in [0.05, 0.1) is 0 Å². The first-order valence-corrected chi connectivity index (χ1v) is 7.00. The molecule has 0 aromatic heterocycles. The van der Waals surface area contributed by atoms with Crippen molar-refractivity contribution in [2.75, 3.05) is 13.2 Å². The van der Waals surface area contributed by atoms with E-state index >= 15 is 0 Å². The summed E-state index contributed by atoms with van der Waals surface area (Å²) in [7, 11) is -1.48. The van der Waals surface area contributed by atoms with Crippen LogP contribution in [0.1, 0.15) is 12.5 Å². The van der Waals surface area contributed by atoms with E-state index in [1.807, 2.05) is 24.3 Å². The molecule has 2 rings (SSSR count). The van der Waals surface area contributed by atoms with E-state index in [1.54, 1.807) is 24.3 Å². The molecule has 0 saturated carbocycles. The first kappa shape index (κ1) is 15.4. The molecule has 2 N–H and O–H groups in total. The highest BCUT2D eigenvalue weighted by Gasteiger charge is 2.11. The average Bonchev–Trinajstić information content (AvgIpc) is 2.52. The summed E-state index contributed by atoms with van der Waals surface area (Å²) in [6.07, 6.45) is 0.924. The van der Waals surface area contributed by atoms with Gasteiger partial charge in [-0.15, -0.1) is 0 Å². The fourth-order valence-electron chi connectivity index (χ4n) is 2.01. The SMILES string of the molecule is CCc1ccccc1OCCOc1cccc(B(O)O)c1. The second-order valence-electron chi connectivity index (χ2n) is 4.60. The molecule has 0 radical (unpaired) electrons. The smallest absolute Gasteiger partial charge is 0.488 e. The van der Waals surface area contributed by atoms with E-state index in [1.165, 1.54) is 5.56 Å². The number of benzene rings is 2. The van der Waals surface area contributed by atoms with E-state index in [0.717, 1.165) is 12.2 Å². The van der Waals surface area contributed by atoms with E-state index < -0.39 is 7.12 Å². The van der Waals surface area contributed by atoms with Crippen molar-refractivity contribution in [1.82, 2.24) is 0 Å². The molecule has 0 amide bonds. The molecule has 0 aliphatic carbocycles. The molecule has 0 atom stereocenters. The predicted octanol–water partition coefficient (Wildman–Crippen LogP) is 1.39. The summed E-state index contributed by atoms with van der Waals surface area (Å²) in [4.78, 5) is 0. The highest BCUT2D eigenvalue weighted by atomic mass is 16.5. The Morgan fingerprint density at radius 1 is 0.952 bits per heavy atom. The monoisotopic (exact) mass is 286 g/mol. The third-order valence-electron chi connectivity index (χ3n) is 3.12. The van der Waals surface area contributed by atoms with Crippen molar-refractivity contribution in [2.24, 2.45) is 0 Å². The number of para-hydroxylation sites is 1. The summed E-state index contributed by atoms with van der Waals surface area (Å²) in [5.74, 6) is 1.47. The summed E-state index contributed by atoms with van der Waals surface area (Å²) in [6, 6.07) is 14.7. The van der Waals surface area contributed by atoms with Crippen LogP contribution < -0.4 is 14.9 Å². The number of aryl methyl sites for hydroxylation is 1. The van der Waals surface area contributed by atoms with E-state index in [-0.39, 0.29) is 0 Å². The number of hydrogen-bond donors (Lipinski definition) is 2. The normalized spacial score (nSPS) is 10.2. The van der Waals surface area contributed by atoms with Gasteiger partial charge in [-0.25, -0.2) is 0 Å². The van der Waals surface area contributed by atoms with Crippen LogP contribution in [-0.4, -0.2) is 30.4 Å². The van der Waals surface area contributed by atoms with Crippen LogP contribution in [0.2, 0.25) is 0 Å². The molecule has 0 saturated heterocycles. The minimum atomic E-state index is -1.48. The van der Waals surface area contributed by atoms with Gasteiger partial charge in [0.2, 0.25) is 0 Å². The van der Waals surface area contributed by atoms with Crippen LogP contribution in [0.5, 0.6) is 11.5 Å². The van der Waals surface area contributed by atoms with Crippen LogP contribution in [0.4, 0.5) is 0 Å². The van der Waals surface area contributed by atoms with Gasteiger partial charge < -0.3 is 19.5 Å². The van der Waals surface area contributed by atoms with E-state index in [4.69, 9.17) is 19.5 Å². The van der Waals surface area contributed by atoms with Crippen LogP contribution in [0.15, 0.2) is 48.5 Å². The molecule has 0 fully saturated rings. The Morgan fingerprint density at radius 3 is 2.48 bits per heavy atom. The Balaban J connectivity index is 1.83. The van der Waals surface area contributed by atoms with E-state index in [9.17, 15) is 0 Å². The molecule has 5 heteroatoms. The number of rotatable bonds is 7. The zero-order valence-corrected chi connectivity index (χ0v) is 12.0. The van der Waals surface area contributed by atoms with Gasteiger partial charge in [0.25, 0.3) is 0 Å². The fraction of sp³-hybridized carbons (Fsp3) is 0.250. The topological polar surface area (TPSA) is 58.9 Å². The Hall–Kier alpha value is -1.98. The van der Waals surface area contributed by atoms with Crippen LogP contribution in [0, 0.1) is 0 Å². The van der Waals surface area contributed by atoms with Crippen LogP contribution in [-0.2, 0) is 6.42 Å². The van der Waals surface area contributed by atoms with Crippen molar-refractivity contribution in [3.63, 3.8) is 0 Å². The van der Waals surface area contributed by atoms with Gasteiger partial charge in [0.15, 0.2) is 0 Å². The Labute approximate surface area is 125 Å². The second kappa shape index (κ2) is 7.71. The molecule has 4 nitrogen and oxygen atoms in total. The van der Waals surface area contributed by atoms with Gasteiger partial charge in [-0.1, -0.05) is 37.3 Å². The van der Waals surface area contributed by atoms with Crippen LogP contribution >= 0.6 is 0 Å². The lowest BCUT2D eigenvalue weighted by Crippen LogP contribution is -2.29. The summed E-state index contributed by atoms with van der Waals surface area (Å²) in [5.41, 5.74) is 1.58. The van der Waals surface area contributed by atoms with Crippen molar-refractivity contribution in [2.45, 2.75) is 13.3 Å². The standard InChI is InChI=1S/C16H19BO4/c1-2-13-6-3-4-9-16(13)21-11-10-20-15-8-5-7-14(12-15)17(18)19/h3-9,12,18-19H,2,10-11H2,1H3. The fourth-order valence-corrected chi connectivity index (χ4v) is 2.01. The van der Waals surface area contributed by atoms with Gasteiger partial charge in [-0.2, -0.15) is 0 Å².